The van der Waals surface area contributed by atoms with Crippen molar-refractivity contribution >= 4 is 75.7 Å². The van der Waals surface area contributed by atoms with Gasteiger partial charge in [0.05, 0.1) is 0 Å². The molecule has 1 nitrogen and oxygen atoms in total. The number of hydrogen-bond donors (Lipinski definition) is 0. The SMILES string of the molecule is c1ccc(-c2csc3ccc4oc5cc(-c6c7ccccc7c(-c7ccc8ccccc8c7)c7ccccc67)ccc5c4c23)cc1. The molecule has 0 unspecified atom stereocenters. The van der Waals surface area contributed by atoms with Gasteiger partial charge in [0.15, 0.2) is 0 Å². The highest BCUT2D eigenvalue weighted by Crippen LogP contribution is 2.47. The van der Waals surface area contributed by atoms with E-state index in [1.807, 2.05) is 0 Å². The quantitative estimate of drug-likeness (QED) is 0.183. The minimum atomic E-state index is 0.914. The number of rotatable bonds is 3. The number of benzene rings is 8. The number of thiophene rings is 1. The van der Waals surface area contributed by atoms with Crippen molar-refractivity contribution in [2.45, 2.75) is 0 Å². The summed E-state index contributed by atoms with van der Waals surface area (Å²) in [6, 6.07) is 55.0. The van der Waals surface area contributed by atoms with E-state index >= 15 is 0 Å². The molecule has 10 aromatic rings. The molecule has 0 saturated carbocycles. The monoisotopic (exact) mass is 602 g/mol. The summed E-state index contributed by atoms with van der Waals surface area (Å²) in [6.45, 7) is 0. The highest BCUT2D eigenvalue weighted by atomic mass is 32.1. The molecular weight excluding hydrogens is 577 g/mol. The zero-order valence-electron chi connectivity index (χ0n) is 24.8. The smallest absolute Gasteiger partial charge is 0.136 e. The molecule has 214 valence electrons. The van der Waals surface area contributed by atoms with Gasteiger partial charge in [0.1, 0.15) is 11.2 Å². The fourth-order valence-electron chi connectivity index (χ4n) is 7.48. The van der Waals surface area contributed by atoms with E-state index in [0.29, 0.717) is 0 Å². The molecule has 0 aliphatic heterocycles. The first kappa shape index (κ1) is 25.6. The minimum Gasteiger partial charge on any atom is -0.456 e. The van der Waals surface area contributed by atoms with Crippen molar-refractivity contribution in [1.82, 2.24) is 0 Å². The molecular formula is C44H26OS. The van der Waals surface area contributed by atoms with Gasteiger partial charge in [-0.1, -0.05) is 121 Å². The zero-order valence-corrected chi connectivity index (χ0v) is 25.6. The van der Waals surface area contributed by atoms with E-state index in [-0.39, 0.29) is 0 Å². The Hall–Kier alpha value is -5.70. The summed E-state index contributed by atoms with van der Waals surface area (Å²) in [5.41, 5.74) is 9.25. The standard InChI is InChI=1S/C44H26OS/c1-2-11-28(12-3-1)37-26-46-40-23-22-38-43(44(37)40)36-21-20-31(25-39(36)45-38)42-34-16-8-6-14-32(34)41(33-15-7-9-17-35(33)42)30-19-18-27-10-4-5-13-29(27)24-30/h1-26H. The predicted molar refractivity (Wildman–Crippen MR) is 198 cm³/mol. The highest BCUT2D eigenvalue weighted by molar-refractivity contribution is 7.18. The first-order valence-electron chi connectivity index (χ1n) is 15.7. The number of furan rings is 1. The first-order valence-corrected chi connectivity index (χ1v) is 16.5. The van der Waals surface area contributed by atoms with Crippen molar-refractivity contribution in [2.75, 3.05) is 0 Å². The van der Waals surface area contributed by atoms with Crippen molar-refractivity contribution in [2.24, 2.45) is 0 Å². The van der Waals surface area contributed by atoms with E-state index in [1.165, 1.54) is 75.6 Å². The summed E-state index contributed by atoms with van der Waals surface area (Å²) in [6.07, 6.45) is 0. The Bertz CT molecular complexity index is 2740. The van der Waals surface area contributed by atoms with Crippen LogP contribution >= 0.6 is 11.3 Å². The summed E-state index contributed by atoms with van der Waals surface area (Å²) in [4.78, 5) is 0. The third-order valence-electron chi connectivity index (χ3n) is 9.52. The minimum absolute atomic E-state index is 0.914. The van der Waals surface area contributed by atoms with Crippen LogP contribution < -0.4 is 0 Å². The van der Waals surface area contributed by atoms with Crippen molar-refractivity contribution in [3.05, 3.63) is 157 Å². The zero-order chi connectivity index (χ0) is 30.2. The van der Waals surface area contributed by atoms with Gasteiger partial charge in [0.25, 0.3) is 0 Å². The van der Waals surface area contributed by atoms with Crippen molar-refractivity contribution in [1.29, 1.82) is 0 Å². The molecule has 2 heterocycles. The van der Waals surface area contributed by atoms with Crippen LogP contribution in [0.4, 0.5) is 0 Å². The van der Waals surface area contributed by atoms with E-state index in [9.17, 15) is 0 Å². The summed E-state index contributed by atoms with van der Waals surface area (Å²) >= 11 is 1.80. The van der Waals surface area contributed by atoms with Crippen LogP contribution in [0.5, 0.6) is 0 Å². The summed E-state index contributed by atoms with van der Waals surface area (Å²) < 4.78 is 7.92. The third-order valence-corrected chi connectivity index (χ3v) is 10.5. The average Bonchev–Trinajstić information content (AvgIpc) is 3.72. The topological polar surface area (TPSA) is 13.1 Å². The number of fused-ring (bicyclic) bond motifs is 8. The lowest BCUT2D eigenvalue weighted by Gasteiger charge is -2.18. The Kier molecular flexibility index (Phi) is 5.51. The van der Waals surface area contributed by atoms with E-state index < -0.39 is 0 Å². The van der Waals surface area contributed by atoms with Crippen molar-refractivity contribution in [3.63, 3.8) is 0 Å². The summed E-state index contributed by atoms with van der Waals surface area (Å²) in [5.74, 6) is 0. The second-order valence-corrected chi connectivity index (χ2v) is 13.0. The molecule has 0 N–H and O–H groups in total. The van der Waals surface area contributed by atoms with Gasteiger partial charge in [-0.3, -0.25) is 0 Å². The molecule has 46 heavy (non-hydrogen) atoms. The van der Waals surface area contributed by atoms with Crippen LogP contribution in [0.25, 0.3) is 97.7 Å². The molecule has 0 saturated heterocycles. The molecule has 2 heteroatoms. The van der Waals surface area contributed by atoms with E-state index in [0.717, 1.165) is 22.1 Å². The van der Waals surface area contributed by atoms with Crippen molar-refractivity contribution < 1.29 is 4.42 Å². The lowest BCUT2D eigenvalue weighted by molar-refractivity contribution is 0.669. The number of hydrogen-bond acceptors (Lipinski definition) is 2. The molecule has 0 radical (unpaired) electrons. The van der Waals surface area contributed by atoms with Crippen LogP contribution in [-0.4, -0.2) is 0 Å². The maximum Gasteiger partial charge on any atom is 0.136 e. The van der Waals surface area contributed by atoms with Gasteiger partial charge in [-0.05, 0) is 95.8 Å². The van der Waals surface area contributed by atoms with Gasteiger partial charge < -0.3 is 4.42 Å². The van der Waals surface area contributed by atoms with Gasteiger partial charge in [-0.15, -0.1) is 11.3 Å². The lowest BCUT2D eigenvalue weighted by atomic mass is 9.85. The molecule has 10 rings (SSSR count). The summed E-state index contributed by atoms with van der Waals surface area (Å²) in [5, 5.41) is 13.4. The molecule has 2 aromatic heterocycles. The maximum absolute atomic E-state index is 6.65. The van der Waals surface area contributed by atoms with Crippen LogP contribution in [0.1, 0.15) is 0 Å². The molecule has 0 fully saturated rings. The van der Waals surface area contributed by atoms with E-state index in [2.05, 4.69) is 157 Å². The van der Waals surface area contributed by atoms with E-state index in [4.69, 9.17) is 4.42 Å². The average molecular weight is 603 g/mol. The maximum atomic E-state index is 6.65. The van der Waals surface area contributed by atoms with Crippen LogP contribution in [0, 0.1) is 0 Å². The Morgan fingerprint density at radius 2 is 1.00 bits per heavy atom. The molecule has 0 bridgehead atoms. The molecule has 0 aliphatic carbocycles. The molecule has 0 spiro atoms. The highest BCUT2D eigenvalue weighted by Gasteiger charge is 2.20. The second-order valence-electron chi connectivity index (χ2n) is 12.0. The molecule has 8 aromatic carbocycles. The first-order chi connectivity index (χ1) is 22.8. The normalized spacial score (nSPS) is 11.9. The fraction of sp³-hybridized carbons (Fsp3) is 0. The summed E-state index contributed by atoms with van der Waals surface area (Å²) in [7, 11) is 0. The van der Waals surface area contributed by atoms with Crippen LogP contribution in [0.2, 0.25) is 0 Å². The van der Waals surface area contributed by atoms with Gasteiger partial charge in [-0.2, -0.15) is 0 Å². The Morgan fingerprint density at radius 1 is 0.391 bits per heavy atom. The molecule has 0 amide bonds. The van der Waals surface area contributed by atoms with Gasteiger partial charge in [0.2, 0.25) is 0 Å². The predicted octanol–water partition coefficient (Wildman–Crippen LogP) is 13.3. The van der Waals surface area contributed by atoms with E-state index in [1.54, 1.807) is 11.3 Å². The van der Waals surface area contributed by atoms with Gasteiger partial charge >= 0.3 is 0 Å². The lowest BCUT2D eigenvalue weighted by Crippen LogP contribution is -1.91. The Labute approximate surface area is 269 Å². The van der Waals surface area contributed by atoms with Crippen LogP contribution in [0.15, 0.2) is 161 Å². The van der Waals surface area contributed by atoms with Gasteiger partial charge in [-0.25, -0.2) is 0 Å². The molecule has 0 atom stereocenters. The fourth-order valence-corrected chi connectivity index (χ4v) is 8.45. The van der Waals surface area contributed by atoms with Gasteiger partial charge in [0, 0.05) is 26.4 Å². The van der Waals surface area contributed by atoms with Crippen LogP contribution in [-0.2, 0) is 0 Å². The Balaban J connectivity index is 1.24. The Morgan fingerprint density at radius 3 is 1.72 bits per heavy atom. The third kappa shape index (κ3) is 3.74. The largest absolute Gasteiger partial charge is 0.456 e. The second kappa shape index (κ2) is 9.90. The molecule has 0 aliphatic rings. The van der Waals surface area contributed by atoms with Crippen molar-refractivity contribution in [3.8, 4) is 33.4 Å². The van der Waals surface area contributed by atoms with Crippen LogP contribution in [0.3, 0.4) is 0 Å².